The van der Waals surface area contributed by atoms with Crippen LogP contribution in [0.3, 0.4) is 0 Å². The first kappa shape index (κ1) is 21.2. The average Bonchev–Trinajstić information content (AvgIpc) is 3.39. The highest BCUT2D eigenvalue weighted by Crippen LogP contribution is 2.28. The number of para-hydroxylation sites is 1. The van der Waals surface area contributed by atoms with Crippen molar-refractivity contribution in [3.05, 3.63) is 65.9 Å². The van der Waals surface area contributed by atoms with E-state index in [-0.39, 0.29) is 23.1 Å². The molecule has 0 radical (unpaired) electrons. The van der Waals surface area contributed by atoms with Crippen LogP contribution in [0.15, 0.2) is 68.7 Å². The molecular formula is C24H25N3O3S. The molecule has 4 aromatic rings. The SMILES string of the molecule is CC(NC(=O)CSc1nnc(-c2ccc(C(C)(C)C)cc2)o1)c1cc2ccccc2o1. The number of carbonyl (C=O) groups excluding carboxylic acids is 1. The maximum Gasteiger partial charge on any atom is 0.277 e. The van der Waals surface area contributed by atoms with Crippen LogP contribution in [0.5, 0.6) is 0 Å². The molecule has 1 unspecified atom stereocenters. The third-order valence-electron chi connectivity index (χ3n) is 4.98. The Morgan fingerprint density at radius 1 is 1.06 bits per heavy atom. The fraction of sp³-hybridized carbons (Fsp3) is 0.292. The molecule has 0 aliphatic heterocycles. The average molecular weight is 436 g/mol. The largest absolute Gasteiger partial charge is 0.459 e. The van der Waals surface area contributed by atoms with Crippen LogP contribution >= 0.6 is 11.8 Å². The number of amides is 1. The van der Waals surface area contributed by atoms with Crippen LogP contribution in [0.4, 0.5) is 0 Å². The van der Waals surface area contributed by atoms with Crippen molar-refractivity contribution in [3.63, 3.8) is 0 Å². The molecule has 6 nitrogen and oxygen atoms in total. The van der Waals surface area contributed by atoms with Crippen LogP contribution in [0.2, 0.25) is 0 Å². The zero-order valence-electron chi connectivity index (χ0n) is 18.0. The van der Waals surface area contributed by atoms with Gasteiger partial charge >= 0.3 is 0 Å². The molecule has 2 heterocycles. The van der Waals surface area contributed by atoms with Crippen molar-refractivity contribution in [1.29, 1.82) is 0 Å². The Balaban J connectivity index is 1.33. The minimum absolute atomic E-state index is 0.0846. The summed E-state index contributed by atoms with van der Waals surface area (Å²) in [6, 6.07) is 17.6. The van der Waals surface area contributed by atoms with Crippen LogP contribution in [-0.2, 0) is 10.2 Å². The van der Waals surface area contributed by atoms with E-state index in [4.69, 9.17) is 8.83 Å². The summed E-state index contributed by atoms with van der Waals surface area (Å²) in [5.41, 5.74) is 2.99. The number of furan rings is 1. The Morgan fingerprint density at radius 2 is 1.81 bits per heavy atom. The second-order valence-electron chi connectivity index (χ2n) is 8.46. The molecule has 0 fully saturated rings. The van der Waals surface area contributed by atoms with E-state index in [0.29, 0.717) is 11.1 Å². The number of fused-ring (bicyclic) bond motifs is 1. The molecule has 1 N–H and O–H groups in total. The van der Waals surface area contributed by atoms with Gasteiger partial charge < -0.3 is 14.2 Å². The fourth-order valence-electron chi connectivity index (χ4n) is 3.19. The quantitative estimate of drug-likeness (QED) is 0.388. The summed E-state index contributed by atoms with van der Waals surface area (Å²) in [6.45, 7) is 8.41. The van der Waals surface area contributed by atoms with E-state index in [1.54, 1.807) is 0 Å². The van der Waals surface area contributed by atoms with Crippen molar-refractivity contribution < 1.29 is 13.6 Å². The summed E-state index contributed by atoms with van der Waals surface area (Å²) >= 11 is 1.21. The molecule has 31 heavy (non-hydrogen) atoms. The standard InChI is InChI=1S/C24H25N3O3S/c1-15(20-13-17-7-5-6-8-19(17)29-20)25-21(28)14-31-23-27-26-22(30-23)16-9-11-18(12-10-16)24(2,3)4/h5-13,15H,14H2,1-4H3,(H,25,28). The zero-order valence-corrected chi connectivity index (χ0v) is 18.8. The van der Waals surface area contributed by atoms with Crippen molar-refractivity contribution in [3.8, 4) is 11.5 Å². The highest BCUT2D eigenvalue weighted by molar-refractivity contribution is 7.99. The summed E-state index contributed by atoms with van der Waals surface area (Å²) in [5, 5.41) is 12.5. The van der Waals surface area contributed by atoms with Crippen LogP contribution in [0, 0.1) is 0 Å². The van der Waals surface area contributed by atoms with Gasteiger partial charge in [0.15, 0.2) is 0 Å². The maximum absolute atomic E-state index is 12.4. The number of nitrogens with zero attached hydrogens (tertiary/aromatic N) is 2. The summed E-state index contributed by atoms with van der Waals surface area (Å²) in [4.78, 5) is 12.4. The molecule has 2 aromatic heterocycles. The van der Waals surface area contributed by atoms with Gasteiger partial charge in [-0.25, -0.2) is 0 Å². The molecule has 1 atom stereocenters. The van der Waals surface area contributed by atoms with E-state index >= 15 is 0 Å². The van der Waals surface area contributed by atoms with E-state index in [9.17, 15) is 4.79 Å². The lowest BCUT2D eigenvalue weighted by atomic mass is 9.87. The highest BCUT2D eigenvalue weighted by Gasteiger charge is 2.17. The lowest BCUT2D eigenvalue weighted by Crippen LogP contribution is -2.27. The topological polar surface area (TPSA) is 81.2 Å². The van der Waals surface area contributed by atoms with Gasteiger partial charge in [0.25, 0.3) is 5.22 Å². The Labute approximate surface area is 185 Å². The Bertz CT molecular complexity index is 1160. The summed E-state index contributed by atoms with van der Waals surface area (Å²) in [6.07, 6.45) is 0. The number of thioether (sulfide) groups is 1. The number of hydrogen-bond donors (Lipinski definition) is 1. The minimum Gasteiger partial charge on any atom is -0.459 e. The predicted octanol–water partition coefficient (Wildman–Crippen LogP) is 5.75. The van der Waals surface area contributed by atoms with Gasteiger partial charge in [-0.3, -0.25) is 4.79 Å². The van der Waals surface area contributed by atoms with Gasteiger partial charge in [0.1, 0.15) is 11.3 Å². The summed E-state index contributed by atoms with van der Waals surface area (Å²) < 4.78 is 11.5. The number of carbonyl (C=O) groups is 1. The molecule has 7 heteroatoms. The molecule has 160 valence electrons. The van der Waals surface area contributed by atoms with Crippen LogP contribution in [-0.4, -0.2) is 21.9 Å². The lowest BCUT2D eigenvalue weighted by molar-refractivity contribution is -0.119. The molecule has 0 saturated heterocycles. The number of rotatable bonds is 6. The minimum atomic E-state index is -0.236. The molecule has 0 spiro atoms. The van der Waals surface area contributed by atoms with Gasteiger partial charge in [-0.15, -0.1) is 10.2 Å². The molecule has 4 rings (SSSR count). The van der Waals surface area contributed by atoms with Crippen molar-refractivity contribution >= 4 is 28.6 Å². The van der Waals surface area contributed by atoms with Crippen LogP contribution in [0.25, 0.3) is 22.4 Å². The van der Waals surface area contributed by atoms with Crippen LogP contribution < -0.4 is 5.32 Å². The smallest absolute Gasteiger partial charge is 0.277 e. The van der Waals surface area contributed by atoms with Crippen molar-refractivity contribution in [2.75, 3.05) is 5.75 Å². The third kappa shape index (κ3) is 4.99. The van der Waals surface area contributed by atoms with Gasteiger partial charge in [-0.05, 0) is 42.2 Å². The number of aromatic nitrogens is 2. The van der Waals surface area contributed by atoms with Crippen molar-refractivity contribution in [2.45, 2.75) is 44.4 Å². The molecule has 0 saturated carbocycles. The second-order valence-corrected chi connectivity index (χ2v) is 9.39. The Hall–Kier alpha value is -3.06. The van der Waals surface area contributed by atoms with E-state index in [2.05, 4.69) is 48.4 Å². The van der Waals surface area contributed by atoms with Crippen LogP contribution in [0.1, 0.15) is 45.1 Å². The molecule has 0 aliphatic rings. The first-order valence-corrected chi connectivity index (χ1v) is 11.1. The van der Waals surface area contributed by atoms with Gasteiger partial charge in [-0.2, -0.15) is 0 Å². The third-order valence-corrected chi connectivity index (χ3v) is 5.80. The van der Waals surface area contributed by atoms with E-state index in [1.165, 1.54) is 17.3 Å². The van der Waals surface area contributed by atoms with Gasteiger partial charge in [0.2, 0.25) is 11.8 Å². The second kappa shape index (κ2) is 8.59. The number of hydrogen-bond acceptors (Lipinski definition) is 6. The predicted molar refractivity (Wildman–Crippen MR) is 122 cm³/mol. The van der Waals surface area contributed by atoms with Gasteiger partial charge in [-0.1, -0.05) is 62.9 Å². The monoisotopic (exact) mass is 435 g/mol. The Kier molecular flexibility index (Phi) is 5.87. The van der Waals surface area contributed by atoms with Crippen molar-refractivity contribution in [2.24, 2.45) is 0 Å². The zero-order chi connectivity index (χ0) is 22.0. The number of nitrogens with one attached hydrogen (secondary N) is 1. The van der Waals surface area contributed by atoms with E-state index in [1.807, 2.05) is 49.4 Å². The summed E-state index contributed by atoms with van der Waals surface area (Å²) in [7, 11) is 0. The van der Waals surface area contributed by atoms with Gasteiger partial charge in [0.05, 0.1) is 11.8 Å². The first-order valence-electron chi connectivity index (χ1n) is 10.1. The lowest BCUT2D eigenvalue weighted by Gasteiger charge is -2.18. The molecule has 1 amide bonds. The first-order chi connectivity index (χ1) is 14.8. The Morgan fingerprint density at radius 3 is 2.52 bits per heavy atom. The summed E-state index contributed by atoms with van der Waals surface area (Å²) in [5.74, 6) is 1.21. The maximum atomic E-state index is 12.4. The fourth-order valence-corrected chi connectivity index (χ4v) is 3.77. The van der Waals surface area contributed by atoms with Gasteiger partial charge in [0, 0.05) is 10.9 Å². The molecule has 0 bridgehead atoms. The molecule has 0 aliphatic carbocycles. The van der Waals surface area contributed by atoms with Crippen molar-refractivity contribution in [1.82, 2.24) is 15.5 Å². The van der Waals surface area contributed by atoms with E-state index < -0.39 is 0 Å². The normalized spacial score (nSPS) is 12.8. The number of benzene rings is 2. The highest BCUT2D eigenvalue weighted by atomic mass is 32.2. The molecular weight excluding hydrogens is 410 g/mol. The van der Waals surface area contributed by atoms with E-state index in [0.717, 1.165) is 22.3 Å². The molecule has 2 aromatic carbocycles.